The van der Waals surface area contributed by atoms with Gasteiger partial charge in [-0.05, 0) is 36.4 Å². The van der Waals surface area contributed by atoms with Crippen molar-refractivity contribution in [1.29, 1.82) is 0 Å². The van der Waals surface area contributed by atoms with E-state index in [-0.39, 0.29) is 17.1 Å². The van der Waals surface area contributed by atoms with Crippen molar-refractivity contribution in [1.82, 2.24) is 5.32 Å². The highest BCUT2D eigenvalue weighted by Gasteiger charge is 2.19. The summed E-state index contributed by atoms with van der Waals surface area (Å²) >= 11 is 11.8. The molecule has 1 amide bonds. The molecule has 5 nitrogen and oxygen atoms in total. The number of nitrogens with one attached hydrogen (secondary N) is 1. The van der Waals surface area contributed by atoms with E-state index >= 15 is 0 Å². The Bertz CT molecular complexity index is 747. The summed E-state index contributed by atoms with van der Waals surface area (Å²) < 4.78 is 4.99. The summed E-state index contributed by atoms with van der Waals surface area (Å²) in [5.41, 5.74) is 0.644. The molecule has 1 unspecified atom stereocenters. The van der Waals surface area contributed by atoms with Gasteiger partial charge in [0.25, 0.3) is 5.91 Å². The predicted octanol–water partition coefficient (Wildman–Crippen LogP) is 3.03. The van der Waals surface area contributed by atoms with Crippen LogP contribution >= 0.6 is 23.2 Å². The maximum Gasteiger partial charge on any atom is 0.292 e. The lowest BCUT2D eigenvalue weighted by atomic mass is 10.1. The van der Waals surface area contributed by atoms with Crippen LogP contribution in [0.15, 0.2) is 42.5 Å². The van der Waals surface area contributed by atoms with Crippen LogP contribution in [0.4, 0.5) is 0 Å². The quantitative estimate of drug-likeness (QED) is 0.607. The average Bonchev–Trinajstić information content (AvgIpc) is 2.58. The Kier molecular flexibility index (Phi) is 6.20. The number of halogens is 2. The SMILES string of the molecule is COc1ccc(C(=O)C(=O)NCC(O)c2ccc(Cl)cc2Cl)cc1. The van der Waals surface area contributed by atoms with Gasteiger partial charge >= 0.3 is 0 Å². The third kappa shape index (κ3) is 4.47. The number of methoxy groups -OCH3 is 1. The number of carbonyl (C=O) groups excluding carboxylic acids is 2. The lowest BCUT2D eigenvalue weighted by molar-refractivity contribution is -0.117. The summed E-state index contributed by atoms with van der Waals surface area (Å²) in [4.78, 5) is 23.9. The topological polar surface area (TPSA) is 75.6 Å². The number of benzene rings is 2. The fourth-order valence-corrected chi connectivity index (χ4v) is 2.56. The van der Waals surface area contributed by atoms with Crippen molar-refractivity contribution in [3.05, 3.63) is 63.6 Å². The molecule has 2 aromatic carbocycles. The number of ether oxygens (including phenoxy) is 1. The fourth-order valence-electron chi connectivity index (χ4n) is 2.02. The van der Waals surface area contributed by atoms with Gasteiger partial charge in [0, 0.05) is 27.7 Å². The standard InChI is InChI=1S/C17H15Cl2NO4/c1-24-12-5-2-10(3-6-12)16(22)17(23)20-9-15(21)13-7-4-11(18)8-14(13)19/h2-8,15,21H,9H2,1H3,(H,20,23). The van der Waals surface area contributed by atoms with Crippen molar-refractivity contribution in [3.63, 3.8) is 0 Å². The number of aliphatic hydroxyl groups is 1. The molecule has 0 spiro atoms. The Labute approximate surface area is 149 Å². The number of hydrogen-bond donors (Lipinski definition) is 2. The van der Waals surface area contributed by atoms with Gasteiger partial charge in [0.05, 0.1) is 13.2 Å². The zero-order valence-electron chi connectivity index (χ0n) is 12.8. The maximum absolute atomic E-state index is 12.0. The average molecular weight is 368 g/mol. The van der Waals surface area contributed by atoms with Gasteiger partial charge in [-0.3, -0.25) is 9.59 Å². The number of ketones is 1. The molecule has 24 heavy (non-hydrogen) atoms. The molecule has 126 valence electrons. The minimum absolute atomic E-state index is 0.151. The molecule has 1 atom stereocenters. The lowest BCUT2D eigenvalue weighted by Gasteiger charge is -2.13. The molecule has 0 aliphatic heterocycles. The first-order valence-corrected chi connectivity index (χ1v) is 7.77. The largest absolute Gasteiger partial charge is 0.497 e. The molecule has 0 radical (unpaired) electrons. The maximum atomic E-state index is 12.0. The number of aliphatic hydroxyl groups excluding tert-OH is 1. The first kappa shape index (κ1) is 18.3. The van der Waals surface area contributed by atoms with Crippen molar-refractivity contribution < 1.29 is 19.4 Å². The van der Waals surface area contributed by atoms with Gasteiger partial charge in [-0.1, -0.05) is 29.3 Å². The highest BCUT2D eigenvalue weighted by Crippen LogP contribution is 2.25. The first-order valence-electron chi connectivity index (χ1n) is 7.02. The second-order valence-corrected chi connectivity index (χ2v) is 5.79. The molecule has 2 aromatic rings. The van der Waals surface area contributed by atoms with E-state index < -0.39 is 17.8 Å². The summed E-state index contributed by atoms with van der Waals surface area (Å²) in [6.45, 7) is -0.151. The van der Waals surface area contributed by atoms with E-state index in [9.17, 15) is 14.7 Å². The highest BCUT2D eigenvalue weighted by molar-refractivity contribution is 6.42. The zero-order chi connectivity index (χ0) is 17.7. The van der Waals surface area contributed by atoms with Gasteiger partial charge in [0.1, 0.15) is 5.75 Å². The predicted molar refractivity (Wildman–Crippen MR) is 91.8 cm³/mol. The van der Waals surface area contributed by atoms with E-state index in [1.807, 2.05) is 0 Å². The van der Waals surface area contributed by atoms with Gasteiger partial charge in [-0.2, -0.15) is 0 Å². The van der Waals surface area contributed by atoms with Crippen LogP contribution in [-0.2, 0) is 4.79 Å². The number of carbonyl (C=O) groups is 2. The molecule has 0 saturated heterocycles. The summed E-state index contributed by atoms with van der Waals surface area (Å²) in [6.07, 6.45) is -1.05. The Balaban J connectivity index is 1.97. The molecule has 0 fully saturated rings. The molecule has 7 heteroatoms. The monoisotopic (exact) mass is 367 g/mol. The molecule has 0 heterocycles. The molecule has 0 aliphatic rings. The van der Waals surface area contributed by atoms with Gasteiger partial charge in [0.2, 0.25) is 5.78 Å². The molecule has 0 aromatic heterocycles. The Morgan fingerprint density at radius 1 is 1.17 bits per heavy atom. The third-order valence-corrected chi connectivity index (χ3v) is 3.90. The van der Waals surface area contributed by atoms with Crippen LogP contribution in [0.25, 0.3) is 0 Å². The second-order valence-electron chi connectivity index (χ2n) is 4.95. The fraction of sp³-hybridized carbons (Fsp3) is 0.176. The van der Waals surface area contributed by atoms with E-state index in [1.165, 1.54) is 25.3 Å². The van der Waals surface area contributed by atoms with Crippen molar-refractivity contribution in [3.8, 4) is 5.75 Å². The molecule has 0 saturated carbocycles. The molecule has 0 aliphatic carbocycles. The number of amides is 1. The number of Topliss-reactive ketones (excluding diaryl/α,β-unsaturated/α-hetero) is 1. The molecular formula is C17H15Cl2NO4. The number of hydrogen-bond acceptors (Lipinski definition) is 4. The third-order valence-electron chi connectivity index (χ3n) is 3.34. The molecule has 0 bridgehead atoms. The highest BCUT2D eigenvalue weighted by atomic mass is 35.5. The molecule has 2 N–H and O–H groups in total. The van der Waals surface area contributed by atoms with Crippen molar-refractivity contribution in [2.75, 3.05) is 13.7 Å². The van der Waals surface area contributed by atoms with Gasteiger partial charge < -0.3 is 15.2 Å². The van der Waals surface area contributed by atoms with E-state index in [0.29, 0.717) is 16.3 Å². The van der Waals surface area contributed by atoms with Crippen molar-refractivity contribution in [2.45, 2.75) is 6.10 Å². The normalized spacial score (nSPS) is 11.7. The van der Waals surface area contributed by atoms with E-state index in [1.54, 1.807) is 24.3 Å². The lowest BCUT2D eigenvalue weighted by Crippen LogP contribution is -2.34. The minimum Gasteiger partial charge on any atom is -0.497 e. The van der Waals surface area contributed by atoms with Crippen LogP contribution in [0.2, 0.25) is 10.0 Å². The summed E-state index contributed by atoms with van der Waals surface area (Å²) in [5, 5.41) is 13.2. The Hall–Kier alpha value is -2.08. The van der Waals surface area contributed by atoms with Gasteiger partial charge in [-0.15, -0.1) is 0 Å². The van der Waals surface area contributed by atoms with Crippen LogP contribution in [0, 0.1) is 0 Å². The van der Waals surface area contributed by atoms with E-state index in [0.717, 1.165) is 0 Å². The van der Waals surface area contributed by atoms with E-state index in [2.05, 4.69) is 5.32 Å². The van der Waals surface area contributed by atoms with Gasteiger partial charge in [0.15, 0.2) is 0 Å². The van der Waals surface area contributed by atoms with Crippen LogP contribution < -0.4 is 10.1 Å². The van der Waals surface area contributed by atoms with Crippen molar-refractivity contribution in [2.24, 2.45) is 0 Å². The smallest absolute Gasteiger partial charge is 0.292 e. The van der Waals surface area contributed by atoms with Crippen LogP contribution in [-0.4, -0.2) is 30.5 Å². The Morgan fingerprint density at radius 3 is 2.42 bits per heavy atom. The minimum atomic E-state index is -1.05. The zero-order valence-corrected chi connectivity index (χ0v) is 14.3. The summed E-state index contributed by atoms with van der Waals surface area (Å²) in [7, 11) is 1.51. The van der Waals surface area contributed by atoms with Gasteiger partial charge in [-0.25, -0.2) is 0 Å². The molecular weight excluding hydrogens is 353 g/mol. The second kappa shape index (κ2) is 8.15. The first-order chi connectivity index (χ1) is 11.4. The van der Waals surface area contributed by atoms with Crippen LogP contribution in [0.1, 0.15) is 22.0 Å². The van der Waals surface area contributed by atoms with Crippen LogP contribution in [0.5, 0.6) is 5.75 Å². The van der Waals surface area contributed by atoms with Crippen LogP contribution in [0.3, 0.4) is 0 Å². The van der Waals surface area contributed by atoms with Crippen molar-refractivity contribution >= 4 is 34.9 Å². The number of rotatable bonds is 6. The van der Waals surface area contributed by atoms with E-state index in [4.69, 9.17) is 27.9 Å². The Morgan fingerprint density at radius 2 is 1.83 bits per heavy atom. The summed E-state index contributed by atoms with van der Waals surface area (Å²) in [6, 6.07) is 10.8. The molecule has 2 rings (SSSR count). The summed E-state index contributed by atoms with van der Waals surface area (Å²) in [5.74, 6) is -0.934.